The molecule has 3 rings (SSSR count). The van der Waals surface area contributed by atoms with E-state index in [1.165, 1.54) is 12.4 Å². The summed E-state index contributed by atoms with van der Waals surface area (Å²) in [7, 11) is 0. The quantitative estimate of drug-likeness (QED) is 0.733. The van der Waals surface area contributed by atoms with Gasteiger partial charge in [-0.2, -0.15) is 0 Å². The van der Waals surface area contributed by atoms with Gasteiger partial charge in [0.15, 0.2) is 0 Å². The maximum atomic E-state index is 11.9. The van der Waals surface area contributed by atoms with Gasteiger partial charge in [0.25, 0.3) is 5.91 Å². The van der Waals surface area contributed by atoms with E-state index >= 15 is 0 Å². The smallest absolute Gasteiger partial charge is 0.271 e. The van der Waals surface area contributed by atoms with Crippen LogP contribution in [0.1, 0.15) is 35.7 Å². The molecule has 7 heteroatoms. The molecule has 134 valence electrons. The molecule has 0 saturated carbocycles. The van der Waals surface area contributed by atoms with Crippen molar-refractivity contribution >= 4 is 5.91 Å². The number of nitrogens with zero attached hydrogens (tertiary/aromatic N) is 3. The number of nitrogens with one attached hydrogen (secondary N) is 1. The van der Waals surface area contributed by atoms with Gasteiger partial charge in [-0.3, -0.25) is 4.79 Å². The van der Waals surface area contributed by atoms with Gasteiger partial charge in [0.05, 0.1) is 18.0 Å². The minimum Gasteiger partial charge on any atom is -0.471 e. The Morgan fingerprint density at radius 2 is 1.96 bits per heavy atom. The second-order valence-electron chi connectivity index (χ2n) is 6.09. The van der Waals surface area contributed by atoms with E-state index in [-0.39, 0.29) is 24.2 Å². The van der Waals surface area contributed by atoms with Gasteiger partial charge in [0, 0.05) is 11.6 Å². The summed E-state index contributed by atoms with van der Waals surface area (Å²) in [6.07, 6.45) is 2.83. The molecule has 1 amide bonds. The summed E-state index contributed by atoms with van der Waals surface area (Å²) >= 11 is 0. The first-order chi connectivity index (χ1) is 12.5. The average Bonchev–Trinajstić information content (AvgIpc) is 3.01. The molecule has 26 heavy (non-hydrogen) atoms. The SMILES string of the molecule is Cc1onc(-c2ccccc2)c1COc1cnc(C(=O)NC(C)C)cn1. The third-order valence-electron chi connectivity index (χ3n) is 3.68. The average molecular weight is 352 g/mol. The highest BCUT2D eigenvalue weighted by Gasteiger charge is 2.16. The predicted molar refractivity (Wildman–Crippen MR) is 95.6 cm³/mol. The van der Waals surface area contributed by atoms with E-state index < -0.39 is 0 Å². The summed E-state index contributed by atoms with van der Waals surface area (Å²) in [5, 5.41) is 6.88. The molecule has 0 atom stereocenters. The number of aromatic nitrogens is 3. The molecule has 0 aliphatic heterocycles. The van der Waals surface area contributed by atoms with E-state index in [1.807, 2.05) is 51.1 Å². The normalized spacial score (nSPS) is 10.8. The molecule has 2 heterocycles. The Morgan fingerprint density at radius 1 is 1.19 bits per heavy atom. The van der Waals surface area contributed by atoms with Crippen LogP contribution in [0.3, 0.4) is 0 Å². The number of hydrogen-bond donors (Lipinski definition) is 1. The fourth-order valence-corrected chi connectivity index (χ4v) is 2.37. The van der Waals surface area contributed by atoms with Gasteiger partial charge < -0.3 is 14.6 Å². The number of hydrogen-bond acceptors (Lipinski definition) is 6. The van der Waals surface area contributed by atoms with Crippen molar-refractivity contribution in [2.45, 2.75) is 33.4 Å². The molecule has 0 unspecified atom stereocenters. The lowest BCUT2D eigenvalue weighted by molar-refractivity contribution is 0.0937. The number of carbonyl (C=O) groups is 1. The molecule has 0 spiro atoms. The monoisotopic (exact) mass is 352 g/mol. The second kappa shape index (κ2) is 7.77. The Labute approximate surface area is 151 Å². The molecule has 1 aromatic carbocycles. The van der Waals surface area contributed by atoms with Crippen LogP contribution in [0.2, 0.25) is 0 Å². The van der Waals surface area contributed by atoms with E-state index in [0.717, 1.165) is 16.8 Å². The van der Waals surface area contributed by atoms with Gasteiger partial charge >= 0.3 is 0 Å². The summed E-state index contributed by atoms with van der Waals surface area (Å²) < 4.78 is 11.0. The highest BCUT2D eigenvalue weighted by Crippen LogP contribution is 2.25. The van der Waals surface area contributed by atoms with Crippen LogP contribution in [0, 0.1) is 6.92 Å². The van der Waals surface area contributed by atoms with Crippen molar-refractivity contribution in [1.82, 2.24) is 20.4 Å². The van der Waals surface area contributed by atoms with Crippen LogP contribution in [0.25, 0.3) is 11.3 Å². The van der Waals surface area contributed by atoms with Crippen LogP contribution < -0.4 is 10.1 Å². The molecule has 0 saturated heterocycles. The molecular formula is C19H20N4O3. The molecule has 0 fully saturated rings. The first-order valence-corrected chi connectivity index (χ1v) is 8.31. The molecule has 2 aromatic heterocycles. The minimum atomic E-state index is -0.264. The largest absolute Gasteiger partial charge is 0.471 e. The topological polar surface area (TPSA) is 90.1 Å². The lowest BCUT2D eigenvalue weighted by Crippen LogP contribution is -2.30. The van der Waals surface area contributed by atoms with E-state index in [4.69, 9.17) is 9.26 Å². The first kappa shape index (κ1) is 17.6. The van der Waals surface area contributed by atoms with Crippen molar-refractivity contribution < 1.29 is 14.1 Å². The van der Waals surface area contributed by atoms with Crippen LogP contribution in [-0.4, -0.2) is 27.1 Å². The van der Waals surface area contributed by atoms with E-state index in [9.17, 15) is 4.79 Å². The Hall–Kier alpha value is -3.22. The molecule has 7 nitrogen and oxygen atoms in total. The lowest BCUT2D eigenvalue weighted by atomic mass is 10.1. The van der Waals surface area contributed by atoms with Crippen LogP contribution >= 0.6 is 0 Å². The Balaban J connectivity index is 1.70. The first-order valence-electron chi connectivity index (χ1n) is 8.31. The predicted octanol–water partition coefficient (Wildman–Crippen LogP) is 3.16. The van der Waals surface area contributed by atoms with E-state index in [0.29, 0.717) is 11.6 Å². The lowest BCUT2D eigenvalue weighted by Gasteiger charge is -2.08. The summed E-state index contributed by atoms with van der Waals surface area (Å²) in [5.74, 6) is 0.746. The molecule has 0 bridgehead atoms. The van der Waals surface area contributed by atoms with Crippen LogP contribution in [0.15, 0.2) is 47.2 Å². The van der Waals surface area contributed by atoms with Gasteiger partial charge in [-0.15, -0.1) is 0 Å². The minimum absolute atomic E-state index is 0.0354. The van der Waals surface area contributed by atoms with Crippen molar-refractivity contribution in [1.29, 1.82) is 0 Å². The van der Waals surface area contributed by atoms with Crippen molar-refractivity contribution in [2.24, 2.45) is 0 Å². The number of aryl methyl sites for hydroxylation is 1. The Kier molecular flexibility index (Phi) is 5.26. The second-order valence-corrected chi connectivity index (χ2v) is 6.09. The van der Waals surface area contributed by atoms with Crippen molar-refractivity contribution in [3.8, 4) is 17.1 Å². The maximum absolute atomic E-state index is 11.9. The zero-order valence-electron chi connectivity index (χ0n) is 14.9. The summed E-state index contributed by atoms with van der Waals surface area (Å²) in [6.45, 7) is 5.85. The fraction of sp³-hybridized carbons (Fsp3) is 0.263. The van der Waals surface area contributed by atoms with Gasteiger partial charge in [0.1, 0.15) is 23.8 Å². The molecule has 0 radical (unpaired) electrons. The van der Waals surface area contributed by atoms with Crippen LogP contribution in [0.5, 0.6) is 5.88 Å². The molecule has 3 aromatic rings. The van der Waals surface area contributed by atoms with Crippen molar-refractivity contribution in [3.05, 3.63) is 59.7 Å². The molecule has 1 N–H and O–H groups in total. The number of benzene rings is 1. The van der Waals surface area contributed by atoms with Gasteiger partial charge in [-0.1, -0.05) is 35.5 Å². The third-order valence-corrected chi connectivity index (χ3v) is 3.68. The van der Waals surface area contributed by atoms with Crippen molar-refractivity contribution in [3.63, 3.8) is 0 Å². The number of carbonyl (C=O) groups excluding carboxylic acids is 1. The summed E-state index contributed by atoms with van der Waals surface area (Å²) in [4.78, 5) is 20.1. The van der Waals surface area contributed by atoms with Crippen LogP contribution in [-0.2, 0) is 6.61 Å². The fourth-order valence-electron chi connectivity index (χ4n) is 2.37. The highest BCUT2D eigenvalue weighted by atomic mass is 16.5. The molecule has 0 aliphatic carbocycles. The number of amides is 1. The van der Waals surface area contributed by atoms with Gasteiger partial charge in [-0.05, 0) is 20.8 Å². The Bertz CT molecular complexity index is 874. The van der Waals surface area contributed by atoms with Crippen molar-refractivity contribution in [2.75, 3.05) is 0 Å². The van der Waals surface area contributed by atoms with E-state index in [1.54, 1.807) is 0 Å². The van der Waals surface area contributed by atoms with Crippen LogP contribution in [0.4, 0.5) is 0 Å². The zero-order valence-corrected chi connectivity index (χ0v) is 14.9. The zero-order chi connectivity index (χ0) is 18.5. The summed E-state index contributed by atoms with van der Waals surface area (Å²) in [6, 6.07) is 9.78. The summed E-state index contributed by atoms with van der Waals surface area (Å²) in [5.41, 5.74) is 2.79. The standard InChI is InChI=1S/C19H20N4O3/c1-12(2)22-19(24)16-9-21-17(10-20-16)25-11-15-13(3)26-23-18(15)14-7-5-4-6-8-14/h4-10,12H,11H2,1-3H3,(H,22,24). The molecular weight excluding hydrogens is 332 g/mol. The van der Waals surface area contributed by atoms with Gasteiger partial charge in [-0.25, -0.2) is 9.97 Å². The maximum Gasteiger partial charge on any atom is 0.271 e. The van der Waals surface area contributed by atoms with Gasteiger partial charge in [0.2, 0.25) is 5.88 Å². The number of rotatable bonds is 6. The number of ether oxygens (including phenoxy) is 1. The Morgan fingerprint density at radius 3 is 2.62 bits per heavy atom. The highest BCUT2D eigenvalue weighted by molar-refractivity contribution is 5.92. The third kappa shape index (κ3) is 4.05. The van der Waals surface area contributed by atoms with E-state index in [2.05, 4.69) is 20.4 Å². The molecule has 0 aliphatic rings.